The van der Waals surface area contributed by atoms with E-state index in [0.29, 0.717) is 12.6 Å². The normalized spacial score (nSPS) is 12.4. The zero-order chi connectivity index (χ0) is 15.0. The minimum Gasteiger partial charge on any atom is -0.396 e. The molecule has 4 heteroatoms. The molecule has 2 N–H and O–H groups in total. The van der Waals surface area contributed by atoms with Gasteiger partial charge < -0.3 is 15.3 Å². The van der Waals surface area contributed by atoms with Gasteiger partial charge in [-0.3, -0.25) is 0 Å². The van der Waals surface area contributed by atoms with Crippen LogP contribution >= 0.6 is 15.9 Å². The number of unbranched alkanes of at least 4 members (excludes halogenated alkanes) is 2. The molecule has 0 spiro atoms. The van der Waals surface area contributed by atoms with E-state index in [4.69, 9.17) is 5.11 Å². The first-order valence-electron chi connectivity index (χ1n) is 7.45. The number of halogens is 1. The summed E-state index contributed by atoms with van der Waals surface area (Å²) in [6, 6.07) is 6.82. The average Bonchev–Trinajstić information content (AvgIpc) is 2.43. The van der Waals surface area contributed by atoms with Gasteiger partial charge in [-0.15, -0.1) is 0 Å². The predicted molar refractivity (Wildman–Crippen MR) is 90.4 cm³/mol. The van der Waals surface area contributed by atoms with Crippen molar-refractivity contribution in [2.24, 2.45) is 0 Å². The Bertz CT molecular complexity index is 398. The van der Waals surface area contributed by atoms with E-state index in [1.165, 1.54) is 11.3 Å². The molecule has 0 fully saturated rings. The second-order valence-electron chi connectivity index (χ2n) is 5.19. The van der Waals surface area contributed by atoms with E-state index in [1.54, 1.807) is 0 Å². The van der Waals surface area contributed by atoms with Gasteiger partial charge in [0.15, 0.2) is 0 Å². The lowest BCUT2D eigenvalue weighted by Gasteiger charge is -2.26. The summed E-state index contributed by atoms with van der Waals surface area (Å²) in [4.78, 5) is 2.31. The summed E-state index contributed by atoms with van der Waals surface area (Å²) in [6.45, 7) is 6.62. The molecule has 0 heterocycles. The molecule has 0 aliphatic carbocycles. The smallest absolute Gasteiger partial charge is 0.0431 e. The van der Waals surface area contributed by atoms with Crippen molar-refractivity contribution < 1.29 is 5.11 Å². The topological polar surface area (TPSA) is 35.5 Å². The summed E-state index contributed by atoms with van der Waals surface area (Å²) >= 11 is 3.56. The van der Waals surface area contributed by atoms with Gasteiger partial charge in [-0.05, 0) is 56.5 Å². The molecule has 20 heavy (non-hydrogen) atoms. The zero-order valence-corrected chi connectivity index (χ0v) is 14.4. The molecule has 1 aromatic rings. The quantitative estimate of drug-likeness (QED) is 0.671. The van der Waals surface area contributed by atoms with Crippen LogP contribution in [0, 0.1) is 0 Å². The highest BCUT2D eigenvalue weighted by Crippen LogP contribution is 2.29. The Morgan fingerprint density at radius 3 is 2.70 bits per heavy atom. The van der Waals surface area contributed by atoms with E-state index < -0.39 is 0 Å². The van der Waals surface area contributed by atoms with E-state index in [0.717, 1.165) is 36.8 Å². The van der Waals surface area contributed by atoms with Crippen LogP contribution in [0.4, 0.5) is 5.69 Å². The van der Waals surface area contributed by atoms with E-state index in [-0.39, 0.29) is 0 Å². The SMILES string of the molecule is CCNC(C)c1cc(Br)ccc1N(C)CCCCCO. The lowest BCUT2D eigenvalue weighted by molar-refractivity contribution is 0.283. The Hall–Kier alpha value is -0.580. The second kappa shape index (κ2) is 9.37. The number of benzene rings is 1. The first kappa shape index (κ1) is 17.5. The molecule has 0 saturated heterocycles. The van der Waals surface area contributed by atoms with Gasteiger partial charge in [-0.1, -0.05) is 22.9 Å². The van der Waals surface area contributed by atoms with Crippen molar-refractivity contribution in [2.45, 2.75) is 39.2 Å². The van der Waals surface area contributed by atoms with Crippen LogP contribution in [-0.2, 0) is 0 Å². The number of aliphatic hydroxyl groups excluding tert-OH is 1. The van der Waals surface area contributed by atoms with Crippen LogP contribution in [0.1, 0.15) is 44.7 Å². The van der Waals surface area contributed by atoms with Crippen LogP contribution in [0.3, 0.4) is 0 Å². The molecule has 0 saturated carbocycles. The van der Waals surface area contributed by atoms with Gasteiger partial charge in [0.05, 0.1) is 0 Å². The summed E-state index contributed by atoms with van der Waals surface area (Å²) in [5.74, 6) is 0. The van der Waals surface area contributed by atoms with Crippen molar-refractivity contribution in [3.63, 3.8) is 0 Å². The minimum absolute atomic E-state index is 0.296. The van der Waals surface area contributed by atoms with Gasteiger partial charge >= 0.3 is 0 Å². The fourth-order valence-electron chi connectivity index (χ4n) is 2.39. The largest absolute Gasteiger partial charge is 0.396 e. The van der Waals surface area contributed by atoms with Crippen LogP contribution in [0.5, 0.6) is 0 Å². The minimum atomic E-state index is 0.296. The molecule has 1 aromatic carbocycles. The van der Waals surface area contributed by atoms with Gasteiger partial charge in [0.25, 0.3) is 0 Å². The van der Waals surface area contributed by atoms with Crippen LogP contribution < -0.4 is 10.2 Å². The molecule has 0 bridgehead atoms. The van der Waals surface area contributed by atoms with E-state index >= 15 is 0 Å². The van der Waals surface area contributed by atoms with Crippen LogP contribution in [-0.4, -0.2) is 31.9 Å². The van der Waals surface area contributed by atoms with Crippen LogP contribution in [0.25, 0.3) is 0 Å². The first-order chi connectivity index (χ1) is 9.60. The summed E-state index contributed by atoms with van der Waals surface area (Å²) < 4.78 is 1.12. The van der Waals surface area contributed by atoms with Gasteiger partial charge in [-0.2, -0.15) is 0 Å². The Morgan fingerprint density at radius 2 is 2.05 bits per heavy atom. The van der Waals surface area contributed by atoms with Gasteiger partial charge in [0, 0.05) is 36.4 Å². The number of hydrogen-bond acceptors (Lipinski definition) is 3. The van der Waals surface area contributed by atoms with Crippen LogP contribution in [0.2, 0.25) is 0 Å². The highest BCUT2D eigenvalue weighted by molar-refractivity contribution is 9.10. The molecule has 3 nitrogen and oxygen atoms in total. The zero-order valence-electron chi connectivity index (χ0n) is 12.8. The third kappa shape index (κ3) is 5.43. The Morgan fingerprint density at radius 1 is 1.30 bits per heavy atom. The van der Waals surface area contributed by atoms with Crippen molar-refractivity contribution in [3.05, 3.63) is 28.2 Å². The maximum atomic E-state index is 8.83. The molecular formula is C16H27BrN2O. The fourth-order valence-corrected chi connectivity index (χ4v) is 2.77. The number of hydrogen-bond donors (Lipinski definition) is 2. The molecule has 1 atom stereocenters. The summed E-state index contributed by atoms with van der Waals surface area (Å²) in [7, 11) is 2.14. The molecule has 1 rings (SSSR count). The van der Waals surface area contributed by atoms with Crippen molar-refractivity contribution >= 4 is 21.6 Å². The summed E-state index contributed by atoms with van der Waals surface area (Å²) in [5.41, 5.74) is 2.61. The molecule has 0 aliphatic rings. The number of rotatable bonds is 9. The molecule has 0 amide bonds. The number of nitrogens with one attached hydrogen (secondary N) is 1. The highest BCUT2D eigenvalue weighted by atomic mass is 79.9. The molecule has 1 unspecified atom stereocenters. The third-order valence-electron chi connectivity index (χ3n) is 3.53. The Labute approximate surface area is 131 Å². The van der Waals surface area contributed by atoms with Gasteiger partial charge in [0.2, 0.25) is 0 Å². The Kier molecular flexibility index (Phi) is 8.19. The van der Waals surface area contributed by atoms with Crippen molar-refractivity contribution in [2.75, 3.05) is 31.6 Å². The highest BCUT2D eigenvalue weighted by Gasteiger charge is 2.13. The predicted octanol–water partition coefficient (Wildman–Crippen LogP) is 3.72. The molecule has 0 aromatic heterocycles. The maximum Gasteiger partial charge on any atom is 0.0431 e. The monoisotopic (exact) mass is 342 g/mol. The first-order valence-corrected chi connectivity index (χ1v) is 8.24. The van der Waals surface area contributed by atoms with Crippen LogP contribution in [0.15, 0.2) is 22.7 Å². The molecule has 0 radical (unpaired) electrons. The van der Waals surface area contributed by atoms with E-state index in [1.807, 2.05) is 0 Å². The Balaban J connectivity index is 2.76. The van der Waals surface area contributed by atoms with Gasteiger partial charge in [0.1, 0.15) is 0 Å². The molecule has 114 valence electrons. The maximum absolute atomic E-state index is 8.83. The molecular weight excluding hydrogens is 316 g/mol. The lowest BCUT2D eigenvalue weighted by Crippen LogP contribution is -2.24. The second-order valence-corrected chi connectivity index (χ2v) is 6.10. The lowest BCUT2D eigenvalue weighted by atomic mass is 10.0. The van der Waals surface area contributed by atoms with E-state index in [2.05, 4.69) is 65.2 Å². The standard InChI is InChI=1S/C16H27BrN2O/c1-4-18-13(2)15-12-14(17)8-9-16(15)19(3)10-6-5-7-11-20/h8-9,12-13,18,20H,4-7,10-11H2,1-3H3. The van der Waals surface area contributed by atoms with Crippen molar-refractivity contribution in [1.82, 2.24) is 5.32 Å². The average molecular weight is 343 g/mol. The number of anilines is 1. The van der Waals surface area contributed by atoms with E-state index in [9.17, 15) is 0 Å². The van der Waals surface area contributed by atoms with Gasteiger partial charge in [-0.25, -0.2) is 0 Å². The fraction of sp³-hybridized carbons (Fsp3) is 0.625. The number of nitrogens with zero attached hydrogens (tertiary/aromatic N) is 1. The third-order valence-corrected chi connectivity index (χ3v) is 4.02. The summed E-state index contributed by atoms with van der Waals surface area (Å²) in [6.07, 6.45) is 3.09. The van der Waals surface area contributed by atoms with Crippen molar-refractivity contribution in [1.29, 1.82) is 0 Å². The number of aliphatic hydroxyl groups is 1. The summed E-state index contributed by atoms with van der Waals surface area (Å²) in [5, 5.41) is 12.3. The molecule has 0 aliphatic heterocycles. The van der Waals surface area contributed by atoms with Crippen molar-refractivity contribution in [3.8, 4) is 0 Å².